The van der Waals surface area contributed by atoms with Gasteiger partial charge in [0.25, 0.3) is 0 Å². The first-order valence-corrected chi connectivity index (χ1v) is 3.87. The highest BCUT2D eigenvalue weighted by Gasteiger charge is 2.09. The Morgan fingerprint density at radius 2 is 2.17 bits per heavy atom. The van der Waals surface area contributed by atoms with Crippen LogP contribution in [0, 0.1) is 10.1 Å². The van der Waals surface area contributed by atoms with Gasteiger partial charge in [-0.3, -0.25) is 0 Å². The summed E-state index contributed by atoms with van der Waals surface area (Å²) in [6.45, 7) is 0. The second kappa shape index (κ2) is 3.69. The molecule has 0 fully saturated rings. The molecule has 6 heteroatoms. The van der Waals surface area contributed by atoms with Gasteiger partial charge in [0.1, 0.15) is 11.0 Å². The summed E-state index contributed by atoms with van der Waals surface area (Å²) in [5.41, 5.74) is 0.545. The Balaban J connectivity index is 2.93. The van der Waals surface area contributed by atoms with E-state index in [1.54, 1.807) is 0 Å². The van der Waals surface area contributed by atoms with E-state index < -0.39 is 9.76 Å². The van der Waals surface area contributed by atoms with Gasteiger partial charge in [-0.2, -0.15) is 0 Å². The highest BCUT2D eigenvalue weighted by molar-refractivity contribution is 6.44. The number of pyridine rings is 1. The fourth-order valence-electron chi connectivity index (χ4n) is 0.635. The molecular formula is C6H4Cl2N2O2. The van der Waals surface area contributed by atoms with Crippen molar-refractivity contribution < 1.29 is 4.92 Å². The van der Waals surface area contributed by atoms with Crippen LogP contribution in [0.2, 0.25) is 0 Å². The number of hydrogen-bond acceptors (Lipinski definition) is 3. The third-order valence-electron chi connectivity index (χ3n) is 1.21. The van der Waals surface area contributed by atoms with Crippen molar-refractivity contribution in [3.63, 3.8) is 0 Å². The molecule has 0 radical (unpaired) electrons. The SMILES string of the molecule is O=[N+]([O-])c1ccc(C(Cl)Cl)cn1. The molecule has 1 heterocycles. The molecule has 0 aliphatic heterocycles. The highest BCUT2D eigenvalue weighted by atomic mass is 35.5. The third kappa shape index (κ3) is 2.06. The summed E-state index contributed by atoms with van der Waals surface area (Å²) in [7, 11) is 0. The summed E-state index contributed by atoms with van der Waals surface area (Å²) in [4.78, 5) is 12.4. The van der Waals surface area contributed by atoms with E-state index in [0.29, 0.717) is 5.56 Å². The topological polar surface area (TPSA) is 56.0 Å². The molecule has 0 unspecified atom stereocenters. The molecule has 0 aliphatic rings. The lowest BCUT2D eigenvalue weighted by Gasteiger charge is -1.96. The second-order valence-electron chi connectivity index (χ2n) is 2.01. The third-order valence-corrected chi connectivity index (χ3v) is 1.71. The zero-order valence-corrected chi connectivity index (χ0v) is 7.29. The number of aromatic nitrogens is 1. The molecule has 4 nitrogen and oxygen atoms in total. The molecule has 0 aromatic carbocycles. The minimum atomic E-state index is -0.696. The van der Waals surface area contributed by atoms with Crippen LogP contribution in [0.1, 0.15) is 10.4 Å². The quantitative estimate of drug-likeness (QED) is 0.425. The van der Waals surface area contributed by atoms with Crippen LogP contribution < -0.4 is 0 Å². The van der Waals surface area contributed by atoms with Crippen LogP contribution in [0.3, 0.4) is 0 Å². The molecule has 12 heavy (non-hydrogen) atoms. The van der Waals surface area contributed by atoms with Gasteiger partial charge in [-0.05, 0) is 16.0 Å². The van der Waals surface area contributed by atoms with Crippen LogP contribution in [0.25, 0.3) is 0 Å². The first kappa shape index (κ1) is 9.22. The van der Waals surface area contributed by atoms with Crippen molar-refractivity contribution in [3.05, 3.63) is 34.0 Å². The van der Waals surface area contributed by atoms with Crippen molar-refractivity contribution in [2.45, 2.75) is 4.84 Å². The van der Waals surface area contributed by atoms with E-state index in [-0.39, 0.29) is 5.82 Å². The van der Waals surface area contributed by atoms with Crippen LogP contribution in [0.15, 0.2) is 18.3 Å². The van der Waals surface area contributed by atoms with Crippen molar-refractivity contribution in [1.82, 2.24) is 4.98 Å². The van der Waals surface area contributed by atoms with Crippen LogP contribution in [-0.4, -0.2) is 9.91 Å². The smallest absolute Gasteiger partial charge is 0.358 e. The summed E-state index contributed by atoms with van der Waals surface area (Å²) < 4.78 is 0. The molecule has 64 valence electrons. The molecule has 0 amide bonds. The maximum atomic E-state index is 10.2. The average molecular weight is 207 g/mol. The average Bonchev–Trinajstić information content (AvgIpc) is 2.04. The van der Waals surface area contributed by atoms with Crippen molar-refractivity contribution >= 4 is 29.0 Å². The Hall–Kier alpha value is -0.870. The fourth-order valence-corrected chi connectivity index (χ4v) is 0.893. The van der Waals surface area contributed by atoms with Gasteiger partial charge in [-0.1, -0.05) is 23.2 Å². The standard InChI is InChI=1S/C6H4Cl2N2O2/c7-6(8)4-1-2-5(9-3-4)10(11)12/h1-3,6H. The van der Waals surface area contributed by atoms with Crippen molar-refractivity contribution in [3.8, 4) is 0 Å². The first-order valence-electron chi connectivity index (χ1n) is 3.00. The summed E-state index contributed by atoms with van der Waals surface area (Å²) >= 11 is 11.0. The molecule has 0 N–H and O–H groups in total. The molecule has 0 saturated carbocycles. The number of nitro groups is 1. The van der Waals surface area contributed by atoms with Crippen molar-refractivity contribution in [2.24, 2.45) is 0 Å². The molecule has 0 atom stereocenters. The zero-order chi connectivity index (χ0) is 9.14. The van der Waals surface area contributed by atoms with E-state index >= 15 is 0 Å². The van der Waals surface area contributed by atoms with Gasteiger partial charge >= 0.3 is 5.82 Å². The molecule has 0 aliphatic carbocycles. The van der Waals surface area contributed by atoms with Crippen LogP contribution in [0.5, 0.6) is 0 Å². The van der Waals surface area contributed by atoms with E-state index in [1.165, 1.54) is 18.3 Å². The highest BCUT2D eigenvalue weighted by Crippen LogP contribution is 2.24. The molecule has 0 bridgehead atoms. The summed E-state index contributed by atoms with van der Waals surface area (Å²) in [5.74, 6) is -0.215. The number of alkyl halides is 2. The lowest BCUT2D eigenvalue weighted by molar-refractivity contribution is -0.389. The van der Waals surface area contributed by atoms with Gasteiger partial charge in [-0.25, -0.2) is 0 Å². The van der Waals surface area contributed by atoms with Gasteiger partial charge in [0.15, 0.2) is 0 Å². The Morgan fingerprint density at radius 3 is 2.50 bits per heavy atom. The van der Waals surface area contributed by atoms with E-state index in [2.05, 4.69) is 4.98 Å². The van der Waals surface area contributed by atoms with Gasteiger partial charge in [-0.15, -0.1) is 0 Å². The lowest BCUT2D eigenvalue weighted by atomic mass is 10.3. The van der Waals surface area contributed by atoms with E-state index in [0.717, 1.165) is 0 Å². The minimum Gasteiger partial charge on any atom is -0.358 e. The molecule has 0 saturated heterocycles. The summed E-state index contributed by atoms with van der Waals surface area (Å²) in [6, 6.07) is 2.73. The van der Waals surface area contributed by atoms with Gasteiger partial charge in [0, 0.05) is 11.6 Å². The van der Waals surface area contributed by atoms with Crippen molar-refractivity contribution in [2.75, 3.05) is 0 Å². The van der Waals surface area contributed by atoms with Crippen LogP contribution in [0.4, 0.5) is 5.82 Å². The lowest BCUT2D eigenvalue weighted by Crippen LogP contribution is -1.92. The van der Waals surface area contributed by atoms with Crippen LogP contribution in [-0.2, 0) is 0 Å². The zero-order valence-electron chi connectivity index (χ0n) is 5.78. The van der Waals surface area contributed by atoms with E-state index in [4.69, 9.17) is 23.2 Å². The predicted molar refractivity (Wildman–Crippen MR) is 45.3 cm³/mol. The first-order chi connectivity index (χ1) is 5.61. The Bertz CT molecular complexity index is 286. The van der Waals surface area contributed by atoms with Crippen LogP contribution >= 0.6 is 23.2 Å². The van der Waals surface area contributed by atoms with Gasteiger partial charge < -0.3 is 10.1 Å². The largest absolute Gasteiger partial charge is 0.363 e. The molecular weight excluding hydrogens is 203 g/mol. The monoisotopic (exact) mass is 206 g/mol. The summed E-state index contributed by atoms with van der Waals surface area (Å²) in [6.07, 6.45) is 1.28. The van der Waals surface area contributed by atoms with E-state index in [1.807, 2.05) is 0 Å². The van der Waals surface area contributed by atoms with Gasteiger partial charge in [0.2, 0.25) is 0 Å². The molecule has 1 aromatic rings. The summed E-state index contributed by atoms with van der Waals surface area (Å²) in [5, 5.41) is 10.2. The fraction of sp³-hybridized carbons (Fsp3) is 0.167. The Morgan fingerprint density at radius 1 is 1.50 bits per heavy atom. The number of nitrogens with zero attached hydrogens (tertiary/aromatic N) is 2. The normalized spacial score (nSPS) is 10.2. The minimum absolute atomic E-state index is 0.215. The van der Waals surface area contributed by atoms with E-state index in [9.17, 15) is 10.1 Å². The number of halogens is 2. The number of hydrogen-bond donors (Lipinski definition) is 0. The Labute approximate surface area is 78.3 Å². The number of rotatable bonds is 2. The maximum absolute atomic E-state index is 10.2. The maximum Gasteiger partial charge on any atom is 0.363 e. The molecule has 1 rings (SSSR count). The van der Waals surface area contributed by atoms with Crippen molar-refractivity contribution in [1.29, 1.82) is 0 Å². The predicted octanol–water partition coefficient (Wildman–Crippen LogP) is 2.47. The molecule has 0 spiro atoms. The molecule has 1 aromatic heterocycles. The second-order valence-corrected chi connectivity index (χ2v) is 3.10. The van der Waals surface area contributed by atoms with Gasteiger partial charge in [0.05, 0.1) is 0 Å². The Kier molecular flexibility index (Phi) is 2.83.